The number of carbonyl (C=O) groups excluding carboxylic acids is 1. The summed E-state index contributed by atoms with van der Waals surface area (Å²) in [4.78, 5) is 17.5. The second-order valence-corrected chi connectivity index (χ2v) is 9.76. The van der Waals surface area contributed by atoms with Crippen molar-refractivity contribution in [2.24, 2.45) is 5.92 Å². The largest absolute Gasteiger partial charge is 0.486 e. The molecule has 1 fully saturated rings. The van der Waals surface area contributed by atoms with Gasteiger partial charge in [-0.1, -0.05) is 35.9 Å². The van der Waals surface area contributed by atoms with Crippen LogP contribution in [0.1, 0.15) is 34.5 Å². The molecule has 184 valence electrons. The Kier molecular flexibility index (Phi) is 7.30. The first-order valence-electron chi connectivity index (χ1n) is 12.2. The molecule has 1 amide bonds. The summed E-state index contributed by atoms with van der Waals surface area (Å²) in [5.74, 6) is 2.30. The number of hydrogen-bond donors (Lipinski definition) is 0. The van der Waals surface area contributed by atoms with E-state index in [-0.39, 0.29) is 11.9 Å². The third kappa shape index (κ3) is 5.49. The molecule has 5 rings (SSSR count). The van der Waals surface area contributed by atoms with E-state index in [9.17, 15) is 4.79 Å². The smallest absolute Gasteiger partial charge is 0.289 e. The van der Waals surface area contributed by atoms with Crippen LogP contribution < -0.4 is 9.47 Å². The van der Waals surface area contributed by atoms with Gasteiger partial charge >= 0.3 is 0 Å². The molecule has 7 heteroatoms. The number of halogens is 1. The molecule has 1 atom stereocenters. The van der Waals surface area contributed by atoms with Crippen LogP contribution in [0.5, 0.6) is 11.5 Å². The molecule has 1 aromatic heterocycles. The third-order valence-electron chi connectivity index (χ3n) is 7.13. The number of amides is 1. The molecule has 0 unspecified atom stereocenters. The predicted molar refractivity (Wildman–Crippen MR) is 135 cm³/mol. The topological polar surface area (TPSA) is 55.2 Å². The zero-order valence-electron chi connectivity index (χ0n) is 20.0. The van der Waals surface area contributed by atoms with Gasteiger partial charge in [-0.25, -0.2) is 0 Å². The van der Waals surface area contributed by atoms with Crippen molar-refractivity contribution in [2.45, 2.75) is 31.8 Å². The first-order chi connectivity index (χ1) is 17.1. The molecular weight excluding hydrogens is 464 g/mol. The van der Waals surface area contributed by atoms with Crippen LogP contribution in [-0.2, 0) is 13.0 Å². The SMILES string of the molecule is CN(C(=O)c1ccco1)[C@@H](Cc1ccccc1Cl)C1CCN(Cc2ccc3c(c2)OCCO3)CC1. The summed E-state index contributed by atoms with van der Waals surface area (Å²) >= 11 is 6.51. The highest BCUT2D eigenvalue weighted by molar-refractivity contribution is 6.31. The number of fused-ring (bicyclic) bond motifs is 1. The van der Waals surface area contributed by atoms with E-state index < -0.39 is 0 Å². The number of furan rings is 1. The van der Waals surface area contributed by atoms with Crippen molar-refractivity contribution >= 4 is 17.5 Å². The fraction of sp³-hybridized carbons (Fsp3) is 0.393. The minimum Gasteiger partial charge on any atom is -0.486 e. The summed E-state index contributed by atoms with van der Waals surface area (Å²) in [7, 11) is 1.88. The lowest BCUT2D eigenvalue weighted by Gasteiger charge is -2.40. The van der Waals surface area contributed by atoms with Crippen LogP contribution in [0.25, 0.3) is 0 Å². The van der Waals surface area contributed by atoms with Gasteiger partial charge in [0.15, 0.2) is 17.3 Å². The summed E-state index contributed by atoms with van der Waals surface area (Å²) in [6.45, 7) is 4.02. The van der Waals surface area contributed by atoms with Gasteiger partial charge in [0, 0.05) is 24.7 Å². The van der Waals surface area contributed by atoms with Crippen LogP contribution >= 0.6 is 11.6 Å². The van der Waals surface area contributed by atoms with Gasteiger partial charge in [0.2, 0.25) is 0 Å². The predicted octanol–water partition coefficient (Wildman–Crippen LogP) is 5.30. The number of benzene rings is 2. The lowest BCUT2D eigenvalue weighted by atomic mass is 9.84. The van der Waals surface area contributed by atoms with Crippen molar-refractivity contribution in [1.82, 2.24) is 9.80 Å². The Morgan fingerprint density at radius 1 is 1.06 bits per heavy atom. The zero-order valence-corrected chi connectivity index (χ0v) is 20.7. The van der Waals surface area contributed by atoms with Crippen LogP contribution in [0.4, 0.5) is 0 Å². The molecule has 0 aliphatic carbocycles. The fourth-order valence-corrected chi connectivity index (χ4v) is 5.39. The molecule has 0 spiro atoms. The maximum Gasteiger partial charge on any atom is 0.289 e. The highest BCUT2D eigenvalue weighted by Crippen LogP contribution is 2.33. The molecule has 3 heterocycles. The van der Waals surface area contributed by atoms with E-state index >= 15 is 0 Å². The normalized spacial score (nSPS) is 17.2. The Morgan fingerprint density at radius 2 is 1.83 bits per heavy atom. The minimum atomic E-state index is -0.0919. The Morgan fingerprint density at radius 3 is 2.57 bits per heavy atom. The summed E-state index contributed by atoms with van der Waals surface area (Å²) in [6, 6.07) is 17.6. The summed E-state index contributed by atoms with van der Waals surface area (Å²) < 4.78 is 16.8. The minimum absolute atomic E-state index is 0.0314. The molecule has 2 aliphatic heterocycles. The van der Waals surface area contributed by atoms with Crippen molar-refractivity contribution in [1.29, 1.82) is 0 Å². The van der Waals surface area contributed by atoms with Crippen molar-refractivity contribution < 1.29 is 18.7 Å². The number of piperidine rings is 1. The average Bonchev–Trinajstić information content (AvgIpc) is 3.43. The van der Waals surface area contributed by atoms with Gasteiger partial charge in [0.05, 0.1) is 6.26 Å². The number of nitrogens with zero attached hydrogens (tertiary/aromatic N) is 2. The fourth-order valence-electron chi connectivity index (χ4n) is 5.17. The summed E-state index contributed by atoms with van der Waals surface area (Å²) in [5.41, 5.74) is 2.29. The highest BCUT2D eigenvalue weighted by Gasteiger charge is 2.33. The van der Waals surface area contributed by atoms with Gasteiger partial charge in [-0.05, 0) is 79.7 Å². The van der Waals surface area contributed by atoms with Gasteiger partial charge in [-0.15, -0.1) is 0 Å². The molecule has 0 bridgehead atoms. The lowest BCUT2D eigenvalue weighted by Crippen LogP contribution is -2.47. The van der Waals surface area contributed by atoms with Gasteiger partial charge < -0.3 is 18.8 Å². The Hall–Kier alpha value is -2.96. The van der Waals surface area contributed by atoms with Crippen LogP contribution in [0.15, 0.2) is 65.3 Å². The molecule has 2 aliphatic rings. The highest BCUT2D eigenvalue weighted by atomic mass is 35.5. The quantitative estimate of drug-likeness (QED) is 0.446. The Balaban J connectivity index is 1.27. The van der Waals surface area contributed by atoms with Crippen molar-refractivity contribution in [3.63, 3.8) is 0 Å². The monoisotopic (exact) mass is 494 g/mol. The van der Waals surface area contributed by atoms with E-state index in [0.29, 0.717) is 24.9 Å². The number of rotatable bonds is 7. The Bertz CT molecular complexity index is 1140. The molecule has 35 heavy (non-hydrogen) atoms. The summed E-state index contributed by atoms with van der Waals surface area (Å²) in [5, 5.41) is 0.743. The maximum atomic E-state index is 13.2. The second-order valence-electron chi connectivity index (χ2n) is 9.35. The third-order valence-corrected chi connectivity index (χ3v) is 7.49. The number of carbonyl (C=O) groups is 1. The first kappa shape index (κ1) is 23.8. The van der Waals surface area contributed by atoms with Crippen molar-refractivity contribution in [3.05, 3.63) is 82.8 Å². The number of likely N-dealkylation sites (N-methyl/N-ethyl adjacent to an activating group) is 1. The van der Waals surface area contributed by atoms with Crippen LogP contribution in [0.2, 0.25) is 5.02 Å². The number of likely N-dealkylation sites (tertiary alicyclic amines) is 1. The van der Waals surface area contributed by atoms with E-state index in [0.717, 1.165) is 61.0 Å². The number of ether oxygens (including phenoxy) is 2. The van der Waals surface area contributed by atoms with Crippen molar-refractivity contribution in [2.75, 3.05) is 33.4 Å². The number of hydrogen-bond acceptors (Lipinski definition) is 5. The van der Waals surface area contributed by atoms with Crippen LogP contribution in [0, 0.1) is 5.92 Å². The molecule has 1 saturated heterocycles. The van der Waals surface area contributed by atoms with Gasteiger partial charge in [-0.3, -0.25) is 9.69 Å². The van der Waals surface area contributed by atoms with Crippen LogP contribution in [0.3, 0.4) is 0 Å². The standard InChI is InChI=1S/C28H31ClN2O4/c1-30(28(32)26-7-4-14-33-26)24(18-22-5-2-3-6-23(22)29)21-10-12-31(13-11-21)19-20-8-9-25-27(17-20)35-16-15-34-25/h2-9,14,17,21,24H,10-13,15-16,18-19H2,1H3/t24-/m0/s1. The van der Waals surface area contributed by atoms with Crippen molar-refractivity contribution in [3.8, 4) is 11.5 Å². The zero-order chi connectivity index (χ0) is 24.2. The molecule has 2 aromatic carbocycles. The first-order valence-corrected chi connectivity index (χ1v) is 12.6. The molecule has 3 aromatic rings. The molecule has 0 saturated carbocycles. The van der Waals surface area contributed by atoms with Crippen LogP contribution in [-0.4, -0.2) is 55.1 Å². The molecule has 6 nitrogen and oxygen atoms in total. The Labute approximate surface area is 211 Å². The maximum absolute atomic E-state index is 13.2. The molecule has 0 N–H and O–H groups in total. The lowest BCUT2D eigenvalue weighted by molar-refractivity contribution is 0.0556. The van der Waals surface area contributed by atoms with E-state index in [2.05, 4.69) is 23.1 Å². The van der Waals surface area contributed by atoms with E-state index in [1.54, 1.807) is 18.4 Å². The average molecular weight is 495 g/mol. The van der Waals surface area contributed by atoms with Gasteiger partial charge in [0.1, 0.15) is 13.2 Å². The summed E-state index contributed by atoms with van der Waals surface area (Å²) in [6.07, 6.45) is 4.28. The van der Waals surface area contributed by atoms with Gasteiger partial charge in [-0.2, -0.15) is 0 Å². The van der Waals surface area contributed by atoms with E-state index in [1.807, 2.05) is 36.2 Å². The van der Waals surface area contributed by atoms with E-state index in [4.69, 9.17) is 25.5 Å². The molecular formula is C28H31ClN2O4. The van der Waals surface area contributed by atoms with Gasteiger partial charge in [0.25, 0.3) is 5.91 Å². The van der Waals surface area contributed by atoms with E-state index in [1.165, 1.54) is 5.56 Å². The molecule has 0 radical (unpaired) electrons. The second kappa shape index (κ2) is 10.8.